The van der Waals surface area contributed by atoms with Gasteiger partial charge in [0.15, 0.2) is 6.10 Å². The Balaban J connectivity index is 0.000000887. The number of nitrogens with two attached hydrogens (primary N) is 1. The summed E-state index contributed by atoms with van der Waals surface area (Å²) in [6.07, 6.45) is -4.31. The molecule has 0 aromatic rings. The van der Waals surface area contributed by atoms with Gasteiger partial charge in [-0.15, -0.1) is 0 Å². The average Bonchev–Trinajstić information content (AvgIpc) is 2.55. The van der Waals surface area contributed by atoms with E-state index in [4.69, 9.17) is 25.5 Å². The lowest BCUT2D eigenvalue weighted by Crippen LogP contribution is -2.61. The van der Waals surface area contributed by atoms with E-state index >= 15 is 0 Å². The normalized spacial score (nSPS) is 21.2. The van der Waals surface area contributed by atoms with Crippen LogP contribution in [0, 0.1) is 0 Å². The Morgan fingerprint density at radius 3 is 2.14 bits per heavy atom. The van der Waals surface area contributed by atoms with Crippen LogP contribution in [-0.4, -0.2) is 76.8 Å². The standard InChI is InChI=1S/C13H21N3O5.C2HF3O2/c1-4-5-16(3)12(18)11-10(15-7(2)17)8(14)6-9(21-11)13(19)20;3-2(4,5)1(6)7/h6,8,10-11H,4-5,14H2,1-3H3,(H,15,17)(H,19,20);(H,6,7)/t8-,10+,11+;/m0./s1. The van der Waals surface area contributed by atoms with Crippen LogP contribution in [0.3, 0.4) is 0 Å². The number of carbonyl (C=O) groups excluding carboxylic acids is 2. The van der Waals surface area contributed by atoms with E-state index in [0.29, 0.717) is 6.54 Å². The number of alkyl halides is 3. The summed E-state index contributed by atoms with van der Waals surface area (Å²) in [5, 5.41) is 18.7. The van der Waals surface area contributed by atoms with Crippen molar-refractivity contribution in [3.63, 3.8) is 0 Å². The first kappa shape index (κ1) is 25.2. The van der Waals surface area contributed by atoms with E-state index in [2.05, 4.69) is 5.32 Å². The minimum Gasteiger partial charge on any atom is -0.475 e. The fourth-order valence-electron chi connectivity index (χ4n) is 2.12. The van der Waals surface area contributed by atoms with Gasteiger partial charge in [-0.1, -0.05) is 6.92 Å². The van der Waals surface area contributed by atoms with Crippen molar-refractivity contribution in [3.05, 3.63) is 11.8 Å². The van der Waals surface area contributed by atoms with Gasteiger partial charge in [-0.05, 0) is 12.5 Å². The highest BCUT2D eigenvalue weighted by atomic mass is 19.4. The molecule has 0 saturated heterocycles. The largest absolute Gasteiger partial charge is 0.490 e. The zero-order valence-corrected chi connectivity index (χ0v) is 15.3. The Hall–Kier alpha value is -2.83. The van der Waals surface area contributed by atoms with E-state index < -0.39 is 42.2 Å². The highest BCUT2D eigenvalue weighted by Gasteiger charge is 2.41. The summed E-state index contributed by atoms with van der Waals surface area (Å²) in [4.78, 5) is 45.0. The maximum Gasteiger partial charge on any atom is 0.490 e. The molecule has 0 aromatic carbocycles. The van der Waals surface area contributed by atoms with Gasteiger partial charge in [-0.3, -0.25) is 9.59 Å². The van der Waals surface area contributed by atoms with E-state index in [0.717, 1.165) is 6.42 Å². The molecule has 160 valence electrons. The second-order valence-electron chi connectivity index (χ2n) is 5.74. The number of carboxylic acids is 2. The highest BCUT2D eigenvalue weighted by molar-refractivity contribution is 5.88. The van der Waals surface area contributed by atoms with Crippen molar-refractivity contribution in [3.8, 4) is 0 Å². The van der Waals surface area contributed by atoms with Crippen LogP contribution in [0.5, 0.6) is 0 Å². The SMILES string of the molecule is CCCN(C)C(=O)[C@@H]1OC(C(=O)O)=C[C@H](N)[C@H]1NC(C)=O.O=C(O)C(F)(F)F. The summed E-state index contributed by atoms with van der Waals surface area (Å²) in [7, 11) is 1.59. The molecule has 2 amide bonds. The lowest BCUT2D eigenvalue weighted by atomic mass is 9.97. The molecule has 1 heterocycles. The van der Waals surface area contributed by atoms with Crippen LogP contribution in [0.1, 0.15) is 20.3 Å². The first-order valence-corrected chi connectivity index (χ1v) is 7.91. The quantitative estimate of drug-likeness (QED) is 0.477. The third-order valence-corrected chi connectivity index (χ3v) is 3.34. The molecule has 1 aliphatic rings. The summed E-state index contributed by atoms with van der Waals surface area (Å²) in [5.74, 6) is -5.23. The number of ether oxygens (including phenoxy) is 1. The Labute approximate surface area is 158 Å². The number of hydrogen-bond acceptors (Lipinski definition) is 6. The summed E-state index contributed by atoms with van der Waals surface area (Å²) in [5.41, 5.74) is 5.85. The van der Waals surface area contributed by atoms with Crippen molar-refractivity contribution >= 4 is 23.8 Å². The number of nitrogens with one attached hydrogen (secondary N) is 1. The van der Waals surface area contributed by atoms with E-state index in [-0.39, 0.29) is 11.7 Å². The lowest BCUT2D eigenvalue weighted by Gasteiger charge is -2.36. The lowest BCUT2D eigenvalue weighted by molar-refractivity contribution is -0.192. The average molecular weight is 413 g/mol. The third kappa shape index (κ3) is 7.82. The zero-order chi connectivity index (χ0) is 22.2. The third-order valence-electron chi connectivity index (χ3n) is 3.34. The fraction of sp³-hybridized carbons (Fsp3) is 0.600. The van der Waals surface area contributed by atoms with Crippen LogP contribution in [-0.2, 0) is 23.9 Å². The van der Waals surface area contributed by atoms with Gasteiger partial charge in [0.1, 0.15) is 0 Å². The van der Waals surface area contributed by atoms with Crippen molar-refractivity contribution in [2.45, 2.75) is 44.6 Å². The molecule has 0 spiro atoms. The van der Waals surface area contributed by atoms with Gasteiger partial charge in [0.2, 0.25) is 11.7 Å². The van der Waals surface area contributed by atoms with Gasteiger partial charge >= 0.3 is 18.1 Å². The topological polar surface area (TPSA) is 159 Å². The Morgan fingerprint density at radius 2 is 1.79 bits per heavy atom. The molecule has 28 heavy (non-hydrogen) atoms. The van der Waals surface area contributed by atoms with Gasteiger partial charge in [0.25, 0.3) is 5.91 Å². The minimum atomic E-state index is -5.08. The molecule has 0 aromatic heterocycles. The molecule has 1 rings (SSSR count). The molecule has 3 atom stereocenters. The number of nitrogens with zero attached hydrogens (tertiary/aromatic N) is 1. The number of hydrogen-bond donors (Lipinski definition) is 4. The van der Waals surface area contributed by atoms with Crippen molar-refractivity contribution in [2.24, 2.45) is 5.73 Å². The molecule has 0 bridgehead atoms. The summed E-state index contributed by atoms with van der Waals surface area (Å²) in [6, 6.07) is -1.63. The number of rotatable bonds is 5. The van der Waals surface area contributed by atoms with E-state index in [9.17, 15) is 27.6 Å². The number of amides is 2. The van der Waals surface area contributed by atoms with Crippen LogP contribution in [0.4, 0.5) is 13.2 Å². The molecule has 13 heteroatoms. The van der Waals surface area contributed by atoms with Crippen LogP contribution >= 0.6 is 0 Å². The van der Waals surface area contributed by atoms with Crippen LogP contribution in [0.2, 0.25) is 0 Å². The second-order valence-corrected chi connectivity index (χ2v) is 5.74. The molecule has 5 N–H and O–H groups in total. The van der Waals surface area contributed by atoms with Crippen LogP contribution < -0.4 is 11.1 Å². The van der Waals surface area contributed by atoms with Gasteiger partial charge < -0.3 is 30.9 Å². The molecular formula is C15H22F3N3O7. The Bertz CT molecular complexity index is 637. The zero-order valence-electron chi connectivity index (χ0n) is 15.3. The van der Waals surface area contributed by atoms with Crippen LogP contribution in [0.25, 0.3) is 0 Å². The van der Waals surface area contributed by atoms with E-state index in [1.807, 2.05) is 6.92 Å². The predicted molar refractivity (Wildman–Crippen MR) is 87.8 cm³/mol. The molecule has 10 nitrogen and oxygen atoms in total. The molecular weight excluding hydrogens is 391 g/mol. The maximum atomic E-state index is 12.4. The number of aliphatic carboxylic acids is 2. The molecule has 1 aliphatic heterocycles. The Kier molecular flexibility index (Phi) is 9.43. The van der Waals surface area contributed by atoms with E-state index in [1.165, 1.54) is 17.9 Å². The molecule has 0 unspecified atom stereocenters. The molecule has 0 aliphatic carbocycles. The van der Waals surface area contributed by atoms with Gasteiger partial charge in [-0.25, -0.2) is 9.59 Å². The van der Waals surface area contributed by atoms with Crippen molar-refractivity contribution < 1.29 is 47.3 Å². The minimum absolute atomic E-state index is 0.373. The number of likely N-dealkylation sites (N-methyl/N-ethyl adjacent to an activating group) is 1. The van der Waals surface area contributed by atoms with Crippen molar-refractivity contribution in [2.75, 3.05) is 13.6 Å². The van der Waals surface area contributed by atoms with E-state index in [1.54, 1.807) is 7.05 Å². The first-order valence-electron chi connectivity index (χ1n) is 7.91. The highest BCUT2D eigenvalue weighted by Crippen LogP contribution is 2.19. The van der Waals surface area contributed by atoms with Gasteiger partial charge in [-0.2, -0.15) is 13.2 Å². The predicted octanol–water partition coefficient (Wildman–Crippen LogP) is -0.313. The smallest absolute Gasteiger partial charge is 0.475 e. The number of halogens is 3. The van der Waals surface area contributed by atoms with Gasteiger partial charge in [0, 0.05) is 20.5 Å². The summed E-state index contributed by atoms with van der Waals surface area (Å²) < 4.78 is 37.0. The Morgan fingerprint density at radius 1 is 1.29 bits per heavy atom. The van der Waals surface area contributed by atoms with Crippen LogP contribution in [0.15, 0.2) is 11.8 Å². The monoisotopic (exact) mass is 413 g/mol. The maximum absolute atomic E-state index is 12.4. The number of carbonyl (C=O) groups is 4. The van der Waals surface area contributed by atoms with Crippen molar-refractivity contribution in [1.29, 1.82) is 0 Å². The second kappa shape index (κ2) is 10.5. The molecule has 0 saturated carbocycles. The summed E-state index contributed by atoms with van der Waals surface area (Å²) in [6.45, 7) is 3.69. The molecule has 0 radical (unpaired) electrons. The first-order chi connectivity index (χ1) is 12.7. The molecule has 0 fully saturated rings. The number of carboxylic acid groups (broad SMARTS) is 2. The summed E-state index contributed by atoms with van der Waals surface area (Å²) >= 11 is 0. The van der Waals surface area contributed by atoms with Crippen molar-refractivity contribution in [1.82, 2.24) is 10.2 Å². The van der Waals surface area contributed by atoms with Gasteiger partial charge in [0.05, 0.1) is 12.1 Å². The fourth-order valence-corrected chi connectivity index (χ4v) is 2.12.